The molecule has 1 fully saturated rings. The van der Waals surface area contributed by atoms with Crippen molar-refractivity contribution in [2.75, 3.05) is 19.1 Å². The summed E-state index contributed by atoms with van der Waals surface area (Å²) in [7, 11) is 0. The molecule has 0 spiro atoms. The van der Waals surface area contributed by atoms with E-state index in [0.717, 1.165) is 16.8 Å². The van der Waals surface area contributed by atoms with Crippen LogP contribution in [0, 0.1) is 0 Å². The van der Waals surface area contributed by atoms with Crippen molar-refractivity contribution in [1.82, 2.24) is 9.55 Å². The first-order valence-corrected chi connectivity index (χ1v) is 6.31. The summed E-state index contributed by atoms with van der Waals surface area (Å²) in [6, 6.07) is 1.10. The number of nitrogens with zero attached hydrogens (tertiary/aromatic N) is 1. The summed E-state index contributed by atoms with van der Waals surface area (Å²) in [5.74, 6) is -0.197. The number of rotatable bonds is 3. The third kappa shape index (κ3) is 2.11. The Hall–Kier alpha value is -0.860. The summed E-state index contributed by atoms with van der Waals surface area (Å²) in [6.45, 7) is -0.792. The van der Waals surface area contributed by atoms with Crippen molar-refractivity contribution in [2.45, 2.75) is 16.7 Å². The highest BCUT2D eigenvalue weighted by Crippen LogP contribution is 2.41. The summed E-state index contributed by atoms with van der Waals surface area (Å²) in [6.07, 6.45) is -0.268. The Balaban J connectivity index is 2.50. The van der Waals surface area contributed by atoms with E-state index in [4.69, 9.17) is 27.9 Å². The van der Waals surface area contributed by atoms with E-state index in [1.807, 2.05) is 4.98 Å². The first-order valence-electron chi connectivity index (χ1n) is 5.40. The van der Waals surface area contributed by atoms with Crippen molar-refractivity contribution in [3.05, 3.63) is 33.1 Å². The number of nitrogens with one attached hydrogen (secondary N) is 1. The average molecular weight is 311 g/mol. The van der Waals surface area contributed by atoms with Crippen molar-refractivity contribution >= 4 is 23.2 Å². The second-order valence-electron chi connectivity index (χ2n) is 4.35. The Bertz CT molecular complexity index is 582. The number of aromatic amines is 1. The van der Waals surface area contributed by atoms with E-state index >= 15 is 0 Å². The van der Waals surface area contributed by atoms with Crippen LogP contribution in [0.5, 0.6) is 0 Å². The molecule has 1 aliphatic rings. The van der Waals surface area contributed by atoms with Gasteiger partial charge >= 0.3 is 5.69 Å². The highest BCUT2D eigenvalue weighted by molar-refractivity contribution is 6.23. The van der Waals surface area contributed by atoms with E-state index in [0.29, 0.717) is 0 Å². The zero-order valence-corrected chi connectivity index (χ0v) is 11.2. The molecule has 0 amide bonds. The summed E-state index contributed by atoms with van der Waals surface area (Å²) >= 11 is 11.9. The van der Waals surface area contributed by atoms with E-state index in [-0.39, 0.29) is 12.5 Å². The Labute approximate surface area is 117 Å². The van der Waals surface area contributed by atoms with Gasteiger partial charge in [-0.3, -0.25) is 14.3 Å². The first-order chi connectivity index (χ1) is 8.89. The Morgan fingerprint density at radius 3 is 2.74 bits per heavy atom. The van der Waals surface area contributed by atoms with Crippen LogP contribution in [0.15, 0.2) is 21.9 Å². The second-order valence-corrected chi connectivity index (χ2v) is 5.27. The molecule has 3 N–H and O–H groups in total. The lowest BCUT2D eigenvalue weighted by molar-refractivity contribution is -0.0766. The van der Waals surface area contributed by atoms with Gasteiger partial charge in [0, 0.05) is 12.3 Å². The molecule has 19 heavy (non-hydrogen) atoms. The maximum absolute atomic E-state index is 11.7. The minimum absolute atomic E-state index is 0.197. The standard InChI is InChI=1S/C10H12Cl2N2O5/c11-3-9(4-15)7(17)10(12,5-19-9)14-2-1-6(16)13-8(14)18/h1-2,7,15,17H,3-5H2,(H,13,16,18)/t7-,9-,10-/m1/s1. The summed E-state index contributed by atoms with van der Waals surface area (Å²) in [5.41, 5.74) is -2.81. The molecular formula is C10H12Cl2N2O5. The van der Waals surface area contributed by atoms with Crippen LogP contribution < -0.4 is 11.2 Å². The van der Waals surface area contributed by atoms with Crippen LogP contribution in [0.25, 0.3) is 0 Å². The van der Waals surface area contributed by atoms with Crippen LogP contribution in [0.1, 0.15) is 0 Å². The third-order valence-electron chi connectivity index (χ3n) is 3.20. The van der Waals surface area contributed by atoms with Gasteiger partial charge in [0.15, 0.2) is 5.00 Å². The van der Waals surface area contributed by atoms with Gasteiger partial charge < -0.3 is 14.9 Å². The minimum atomic E-state index is -1.64. The molecule has 3 atom stereocenters. The molecule has 1 aromatic heterocycles. The van der Waals surface area contributed by atoms with Crippen LogP contribution in [0.4, 0.5) is 0 Å². The van der Waals surface area contributed by atoms with Gasteiger partial charge in [0.1, 0.15) is 11.7 Å². The molecule has 9 heteroatoms. The lowest BCUT2D eigenvalue weighted by Crippen LogP contribution is -2.54. The largest absolute Gasteiger partial charge is 0.393 e. The highest BCUT2D eigenvalue weighted by Gasteiger charge is 2.58. The zero-order valence-electron chi connectivity index (χ0n) is 9.68. The van der Waals surface area contributed by atoms with Crippen molar-refractivity contribution in [3.63, 3.8) is 0 Å². The molecule has 1 aliphatic heterocycles. The SMILES string of the molecule is O=c1ccn([C@]2(Cl)CO[C@@](CO)(CCl)[C@H]2O)c(=O)[nH]1. The molecule has 2 rings (SSSR count). The summed E-state index contributed by atoms with van der Waals surface area (Å²) < 4.78 is 6.24. The number of ether oxygens (including phenoxy) is 1. The van der Waals surface area contributed by atoms with Crippen LogP contribution in [-0.4, -0.2) is 50.6 Å². The maximum Gasteiger partial charge on any atom is 0.329 e. The molecule has 0 saturated carbocycles. The van der Waals surface area contributed by atoms with E-state index in [1.54, 1.807) is 0 Å². The average Bonchev–Trinajstić information content (AvgIpc) is 2.64. The third-order valence-corrected chi connectivity index (χ3v) is 4.15. The molecule has 0 radical (unpaired) electrons. The quantitative estimate of drug-likeness (QED) is 0.608. The minimum Gasteiger partial charge on any atom is -0.393 e. The van der Waals surface area contributed by atoms with Gasteiger partial charge in [0.2, 0.25) is 0 Å². The molecule has 106 valence electrons. The molecular weight excluding hydrogens is 299 g/mol. The number of aromatic nitrogens is 2. The molecule has 1 saturated heterocycles. The van der Waals surface area contributed by atoms with Crippen molar-refractivity contribution in [2.24, 2.45) is 0 Å². The van der Waals surface area contributed by atoms with Crippen molar-refractivity contribution in [3.8, 4) is 0 Å². The fourth-order valence-electron chi connectivity index (χ4n) is 2.00. The number of aliphatic hydroxyl groups excluding tert-OH is 2. The van der Waals surface area contributed by atoms with Gasteiger partial charge in [-0.05, 0) is 0 Å². The van der Waals surface area contributed by atoms with Crippen molar-refractivity contribution in [1.29, 1.82) is 0 Å². The highest BCUT2D eigenvalue weighted by atomic mass is 35.5. The fraction of sp³-hybridized carbons (Fsp3) is 0.600. The molecule has 0 aromatic carbocycles. The first kappa shape index (κ1) is 14.5. The Morgan fingerprint density at radius 2 is 2.26 bits per heavy atom. The number of halogens is 2. The number of alkyl halides is 2. The predicted molar refractivity (Wildman–Crippen MR) is 67.6 cm³/mol. The normalized spacial score (nSPS) is 34.6. The van der Waals surface area contributed by atoms with Gasteiger partial charge in [0.25, 0.3) is 5.56 Å². The van der Waals surface area contributed by atoms with E-state index in [9.17, 15) is 19.8 Å². The van der Waals surface area contributed by atoms with Crippen LogP contribution in [-0.2, 0) is 9.73 Å². The molecule has 1 aromatic rings. The van der Waals surface area contributed by atoms with E-state index < -0.39 is 34.6 Å². The predicted octanol–water partition coefficient (Wildman–Crippen LogP) is -1.21. The number of aliphatic hydroxyl groups is 2. The second kappa shape index (κ2) is 4.92. The number of hydrogen-bond donors (Lipinski definition) is 3. The zero-order chi connectivity index (χ0) is 14.3. The van der Waals surface area contributed by atoms with Crippen LogP contribution in [0.3, 0.4) is 0 Å². The smallest absolute Gasteiger partial charge is 0.329 e. The number of H-pyrrole nitrogens is 1. The van der Waals surface area contributed by atoms with Gasteiger partial charge in [0.05, 0.1) is 19.1 Å². The van der Waals surface area contributed by atoms with Crippen LogP contribution in [0.2, 0.25) is 0 Å². The van der Waals surface area contributed by atoms with Gasteiger partial charge in [-0.1, -0.05) is 11.6 Å². The van der Waals surface area contributed by atoms with E-state index in [1.165, 1.54) is 0 Å². The molecule has 0 aliphatic carbocycles. The topological polar surface area (TPSA) is 105 Å². The van der Waals surface area contributed by atoms with Crippen molar-refractivity contribution < 1.29 is 14.9 Å². The fourth-order valence-corrected chi connectivity index (χ4v) is 2.70. The lowest BCUT2D eigenvalue weighted by atomic mass is 9.96. The Morgan fingerprint density at radius 1 is 1.58 bits per heavy atom. The summed E-state index contributed by atoms with van der Waals surface area (Å²) in [4.78, 5) is 23.1. The van der Waals surface area contributed by atoms with Gasteiger partial charge in [-0.15, -0.1) is 11.6 Å². The summed E-state index contributed by atoms with van der Waals surface area (Å²) in [5, 5.41) is 19.6. The van der Waals surface area contributed by atoms with E-state index in [2.05, 4.69) is 0 Å². The molecule has 0 unspecified atom stereocenters. The number of hydrogen-bond acceptors (Lipinski definition) is 5. The molecule has 2 heterocycles. The Kier molecular flexibility index (Phi) is 3.76. The van der Waals surface area contributed by atoms with Crippen LogP contribution >= 0.6 is 23.2 Å². The van der Waals surface area contributed by atoms with Gasteiger partial charge in [-0.2, -0.15) is 0 Å². The maximum atomic E-state index is 11.7. The molecule has 0 bridgehead atoms. The molecule has 7 nitrogen and oxygen atoms in total. The van der Waals surface area contributed by atoms with Gasteiger partial charge in [-0.25, -0.2) is 4.79 Å². The monoisotopic (exact) mass is 310 g/mol. The lowest BCUT2D eigenvalue weighted by Gasteiger charge is -2.32.